The fourth-order valence-electron chi connectivity index (χ4n) is 3.15. The molecule has 4 N–H and O–H groups in total. The van der Waals surface area contributed by atoms with E-state index in [-0.39, 0.29) is 35.7 Å². The standard InChI is InChI=1S/C22H25ClFN5O.HI/c1-14-18(23)4-3-5-19(14)29-21(30)9-11-27-22(25-2)26-10-8-15-13-28-20-12-16(24)6-7-17(15)20;/h3-7,12-13,28H,8-11H2,1-2H3,(H,29,30)(H2,25,26,27);1H. The van der Waals surface area contributed by atoms with E-state index in [4.69, 9.17) is 11.6 Å². The second-order valence-electron chi connectivity index (χ2n) is 6.89. The number of fused-ring (bicyclic) bond motifs is 1. The largest absolute Gasteiger partial charge is 0.361 e. The molecule has 0 bridgehead atoms. The molecule has 166 valence electrons. The number of aromatic amines is 1. The van der Waals surface area contributed by atoms with Crippen LogP contribution in [0.4, 0.5) is 10.1 Å². The lowest BCUT2D eigenvalue weighted by Gasteiger charge is -2.12. The highest BCUT2D eigenvalue weighted by molar-refractivity contribution is 14.0. The topological polar surface area (TPSA) is 81.3 Å². The number of carbonyl (C=O) groups is 1. The first-order valence-corrected chi connectivity index (χ1v) is 10.1. The maximum atomic E-state index is 13.3. The van der Waals surface area contributed by atoms with Crippen molar-refractivity contribution < 1.29 is 9.18 Å². The molecule has 9 heteroatoms. The van der Waals surface area contributed by atoms with Gasteiger partial charge in [-0.05, 0) is 54.8 Å². The molecule has 0 aliphatic carbocycles. The van der Waals surface area contributed by atoms with Gasteiger partial charge in [0.25, 0.3) is 0 Å². The Morgan fingerprint density at radius 2 is 1.97 bits per heavy atom. The Balaban J connectivity index is 0.00000341. The molecule has 1 aromatic heterocycles. The zero-order valence-corrected chi connectivity index (χ0v) is 20.5. The van der Waals surface area contributed by atoms with E-state index in [1.165, 1.54) is 12.1 Å². The Labute approximate surface area is 203 Å². The molecule has 1 amide bonds. The zero-order chi connectivity index (χ0) is 21.5. The monoisotopic (exact) mass is 557 g/mol. The summed E-state index contributed by atoms with van der Waals surface area (Å²) >= 11 is 6.08. The number of aromatic nitrogens is 1. The average Bonchev–Trinajstić information content (AvgIpc) is 3.12. The van der Waals surface area contributed by atoms with Crippen LogP contribution >= 0.6 is 35.6 Å². The predicted molar refractivity (Wildman–Crippen MR) is 136 cm³/mol. The van der Waals surface area contributed by atoms with Crippen molar-refractivity contribution in [2.45, 2.75) is 19.8 Å². The van der Waals surface area contributed by atoms with Crippen molar-refractivity contribution in [3.8, 4) is 0 Å². The van der Waals surface area contributed by atoms with Crippen LogP contribution < -0.4 is 16.0 Å². The Hall–Kier alpha value is -2.33. The molecule has 0 fully saturated rings. The van der Waals surface area contributed by atoms with E-state index in [0.717, 1.165) is 28.5 Å². The van der Waals surface area contributed by atoms with Gasteiger partial charge in [0.1, 0.15) is 5.82 Å². The van der Waals surface area contributed by atoms with E-state index in [1.54, 1.807) is 25.2 Å². The van der Waals surface area contributed by atoms with E-state index >= 15 is 0 Å². The van der Waals surface area contributed by atoms with Gasteiger partial charge in [0.05, 0.1) is 0 Å². The molecular weight excluding hydrogens is 532 g/mol. The van der Waals surface area contributed by atoms with E-state index in [0.29, 0.717) is 36.2 Å². The third kappa shape index (κ3) is 6.83. The second kappa shape index (κ2) is 11.9. The molecule has 1 heterocycles. The van der Waals surface area contributed by atoms with E-state index < -0.39 is 0 Å². The maximum Gasteiger partial charge on any atom is 0.226 e. The van der Waals surface area contributed by atoms with Crippen LogP contribution in [-0.2, 0) is 11.2 Å². The molecule has 31 heavy (non-hydrogen) atoms. The number of carbonyl (C=O) groups excluding carboxylic acids is 1. The first-order chi connectivity index (χ1) is 14.5. The summed E-state index contributed by atoms with van der Waals surface area (Å²) in [5, 5.41) is 10.9. The summed E-state index contributed by atoms with van der Waals surface area (Å²) in [5.74, 6) is 0.259. The van der Waals surface area contributed by atoms with Crippen LogP contribution in [0.2, 0.25) is 5.02 Å². The third-order valence-electron chi connectivity index (χ3n) is 4.83. The minimum atomic E-state index is -0.256. The van der Waals surface area contributed by atoms with Crippen molar-refractivity contribution in [2.24, 2.45) is 4.99 Å². The van der Waals surface area contributed by atoms with E-state index in [9.17, 15) is 9.18 Å². The smallest absolute Gasteiger partial charge is 0.226 e. The van der Waals surface area contributed by atoms with Crippen molar-refractivity contribution in [1.29, 1.82) is 0 Å². The minimum absolute atomic E-state index is 0. The van der Waals surface area contributed by atoms with Crippen LogP contribution in [-0.4, -0.2) is 37.0 Å². The number of guanidine groups is 1. The van der Waals surface area contributed by atoms with Crippen LogP contribution in [0.3, 0.4) is 0 Å². The highest BCUT2D eigenvalue weighted by Gasteiger charge is 2.08. The number of hydrogen-bond donors (Lipinski definition) is 4. The summed E-state index contributed by atoms with van der Waals surface area (Å²) in [6.07, 6.45) is 2.94. The van der Waals surface area contributed by atoms with Gasteiger partial charge in [-0.15, -0.1) is 24.0 Å². The number of benzene rings is 2. The van der Waals surface area contributed by atoms with Crippen LogP contribution in [0, 0.1) is 12.7 Å². The Morgan fingerprint density at radius 1 is 1.19 bits per heavy atom. The second-order valence-corrected chi connectivity index (χ2v) is 7.30. The zero-order valence-electron chi connectivity index (χ0n) is 17.4. The Bertz CT molecular complexity index is 1070. The lowest BCUT2D eigenvalue weighted by Crippen LogP contribution is -2.39. The van der Waals surface area contributed by atoms with Gasteiger partial charge < -0.3 is 20.9 Å². The van der Waals surface area contributed by atoms with Gasteiger partial charge in [0.2, 0.25) is 5.91 Å². The predicted octanol–water partition coefficient (Wildman–Crippen LogP) is 4.62. The molecule has 0 unspecified atom stereocenters. The van der Waals surface area contributed by atoms with Gasteiger partial charge in [-0.2, -0.15) is 0 Å². The van der Waals surface area contributed by atoms with Gasteiger partial charge >= 0.3 is 0 Å². The molecular formula is C22H26ClFIN5O. The number of halogens is 3. The number of anilines is 1. The van der Waals surface area contributed by atoms with Crippen molar-refractivity contribution in [1.82, 2.24) is 15.6 Å². The van der Waals surface area contributed by atoms with Crippen molar-refractivity contribution in [3.63, 3.8) is 0 Å². The SMILES string of the molecule is CN=C(NCCC(=O)Nc1cccc(Cl)c1C)NCCc1c[nH]c2cc(F)ccc12.I. The summed E-state index contributed by atoms with van der Waals surface area (Å²) in [6, 6.07) is 10.2. The molecule has 0 radical (unpaired) electrons. The number of aliphatic imine (C=N–C) groups is 1. The van der Waals surface area contributed by atoms with Crippen LogP contribution in [0.15, 0.2) is 47.6 Å². The average molecular weight is 558 g/mol. The lowest BCUT2D eigenvalue weighted by atomic mass is 10.1. The molecule has 3 aromatic rings. The molecule has 6 nitrogen and oxygen atoms in total. The van der Waals surface area contributed by atoms with Crippen LogP contribution in [0.25, 0.3) is 10.9 Å². The molecule has 0 saturated carbocycles. The third-order valence-corrected chi connectivity index (χ3v) is 5.24. The molecule has 0 spiro atoms. The van der Waals surface area contributed by atoms with Crippen LogP contribution in [0.5, 0.6) is 0 Å². The summed E-state index contributed by atoms with van der Waals surface area (Å²) in [5.41, 5.74) is 3.45. The summed E-state index contributed by atoms with van der Waals surface area (Å²) in [4.78, 5) is 19.4. The van der Waals surface area contributed by atoms with Crippen molar-refractivity contribution in [3.05, 3.63) is 64.6 Å². The van der Waals surface area contributed by atoms with Gasteiger partial charge in [-0.1, -0.05) is 17.7 Å². The van der Waals surface area contributed by atoms with Crippen molar-refractivity contribution in [2.75, 3.05) is 25.5 Å². The quantitative estimate of drug-likeness (QED) is 0.194. The summed E-state index contributed by atoms with van der Waals surface area (Å²) < 4.78 is 13.3. The maximum absolute atomic E-state index is 13.3. The number of rotatable bonds is 7. The summed E-state index contributed by atoms with van der Waals surface area (Å²) in [7, 11) is 1.68. The fourth-order valence-corrected chi connectivity index (χ4v) is 3.33. The molecule has 2 aromatic carbocycles. The lowest BCUT2D eigenvalue weighted by molar-refractivity contribution is -0.116. The highest BCUT2D eigenvalue weighted by Crippen LogP contribution is 2.23. The molecule has 3 rings (SSSR count). The van der Waals surface area contributed by atoms with Gasteiger partial charge in [-0.25, -0.2) is 4.39 Å². The van der Waals surface area contributed by atoms with Crippen molar-refractivity contribution >= 4 is 64.0 Å². The number of H-pyrrole nitrogens is 1. The Kier molecular flexibility index (Phi) is 9.57. The Morgan fingerprint density at radius 3 is 2.74 bits per heavy atom. The van der Waals surface area contributed by atoms with Gasteiger partial charge in [-0.3, -0.25) is 9.79 Å². The fraction of sp³-hybridized carbons (Fsp3) is 0.273. The van der Waals surface area contributed by atoms with Gasteiger partial charge in [0, 0.05) is 54.4 Å². The van der Waals surface area contributed by atoms with E-state index in [2.05, 4.69) is 25.9 Å². The van der Waals surface area contributed by atoms with Gasteiger partial charge in [0.15, 0.2) is 5.96 Å². The first kappa shape index (κ1) is 24.9. The number of nitrogens with one attached hydrogen (secondary N) is 4. The highest BCUT2D eigenvalue weighted by atomic mass is 127. The molecule has 0 atom stereocenters. The first-order valence-electron chi connectivity index (χ1n) is 9.73. The normalized spacial score (nSPS) is 11.2. The number of amides is 1. The van der Waals surface area contributed by atoms with E-state index in [1.807, 2.05) is 19.2 Å². The summed E-state index contributed by atoms with van der Waals surface area (Å²) in [6.45, 7) is 2.96. The molecule has 0 aliphatic heterocycles. The minimum Gasteiger partial charge on any atom is -0.361 e. The number of nitrogens with zero attached hydrogens (tertiary/aromatic N) is 1. The molecule has 0 saturated heterocycles. The number of hydrogen-bond acceptors (Lipinski definition) is 2. The van der Waals surface area contributed by atoms with Crippen LogP contribution in [0.1, 0.15) is 17.5 Å². The molecule has 0 aliphatic rings.